The molecule has 0 aliphatic heterocycles. The van der Waals surface area contributed by atoms with Gasteiger partial charge in [0.25, 0.3) is 5.69 Å². The Morgan fingerprint density at radius 3 is 2.47 bits per heavy atom. The van der Waals surface area contributed by atoms with Gasteiger partial charge >= 0.3 is 0 Å². The monoisotopic (exact) mass is 262 g/mol. The van der Waals surface area contributed by atoms with E-state index in [0.717, 1.165) is 5.69 Å². The van der Waals surface area contributed by atoms with Gasteiger partial charge in [0.2, 0.25) is 0 Å². The first-order valence-corrected chi connectivity index (χ1v) is 6.52. The Labute approximate surface area is 112 Å². The molecule has 1 saturated carbocycles. The Morgan fingerprint density at radius 1 is 1.16 bits per heavy atom. The van der Waals surface area contributed by atoms with Crippen molar-refractivity contribution in [1.29, 1.82) is 0 Å². The van der Waals surface area contributed by atoms with Gasteiger partial charge in [-0.05, 0) is 25.0 Å². The van der Waals surface area contributed by atoms with E-state index in [0.29, 0.717) is 6.04 Å². The summed E-state index contributed by atoms with van der Waals surface area (Å²) in [5, 5.41) is 13.7. The van der Waals surface area contributed by atoms with Crippen molar-refractivity contribution in [3.63, 3.8) is 0 Å². The summed E-state index contributed by atoms with van der Waals surface area (Å²) in [6.07, 6.45) is 6.25. The zero-order valence-corrected chi connectivity index (χ0v) is 10.7. The number of benzene rings is 1. The minimum atomic E-state index is -0.417. The molecule has 0 aromatic heterocycles. The van der Waals surface area contributed by atoms with Crippen molar-refractivity contribution in [2.24, 2.45) is 0 Å². The molecule has 2 radical (unpaired) electrons. The number of hydrogen-bond donors (Lipinski definition) is 3. The van der Waals surface area contributed by atoms with Gasteiger partial charge in [-0.25, -0.2) is 5.43 Å². The van der Waals surface area contributed by atoms with Gasteiger partial charge in [-0.2, -0.15) is 0 Å². The van der Waals surface area contributed by atoms with Crippen LogP contribution >= 0.6 is 0 Å². The predicted molar refractivity (Wildman–Crippen MR) is 73.1 cm³/mol. The Balaban J connectivity index is 1.66. The van der Waals surface area contributed by atoms with Crippen LogP contribution in [0.15, 0.2) is 24.3 Å². The molecule has 102 valence electrons. The van der Waals surface area contributed by atoms with Gasteiger partial charge in [-0.3, -0.25) is 15.4 Å². The van der Waals surface area contributed by atoms with Crippen LogP contribution in [0.5, 0.6) is 0 Å². The second-order valence-corrected chi connectivity index (χ2v) is 4.66. The highest BCUT2D eigenvalue weighted by Crippen LogP contribution is 2.17. The summed E-state index contributed by atoms with van der Waals surface area (Å²) in [5.74, 6) is 0. The summed E-state index contributed by atoms with van der Waals surface area (Å²) in [6, 6.07) is 6.71. The lowest BCUT2D eigenvalue weighted by molar-refractivity contribution is -0.384. The Morgan fingerprint density at radius 2 is 1.84 bits per heavy atom. The molecule has 0 unspecified atom stereocenters. The van der Waals surface area contributed by atoms with Gasteiger partial charge in [-0.1, -0.05) is 19.3 Å². The molecule has 1 aliphatic carbocycles. The SMILES string of the molecule is O=[N+]([O-])c1ccc(NN[C]NC2CCCCC2)cc1. The van der Waals surface area contributed by atoms with Crippen molar-refractivity contribution in [3.05, 3.63) is 41.0 Å². The summed E-state index contributed by atoms with van der Waals surface area (Å²) in [5.41, 5.74) is 6.56. The lowest BCUT2D eigenvalue weighted by Gasteiger charge is -2.22. The maximum Gasteiger partial charge on any atom is 0.269 e. The zero-order chi connectivity index (χ0) is 13.5. The number of non-ortho nitro benzene ring substituents is 1. The van der Waals surface area contributed by atoms with Crippen LogP contribution in [-0.4, -0.2) is 11.0 Å². The van der Waals surface area contributed by atoms with E-state index < -0.39 is 4.92 Å². The van der Waals surface area contributed by atoms with Crippen LogP contribution in [0.4, 0.5) is 11.4 Å². The molecule has 2 rings (SSSR count). The van der Waals surface area contributed by atoms with E-state index in [4.69, 9.17) is 0 Å². The van der Waals surface area contributed by atoms with Gasteiger partial charge in [0, 0.05) is 23.9 Å². The molecule has 6 nitrogen and oxygen atoms in total. The Hall–Kier alpha value is -1.66. The highest BCUT2D eigenvalue weighted by atomic mass is 16.6. The fraction of sp³-hybridized carbons (Fsp3) is 0.462. The van der Waals surface area contributed by atoms with Gasteiger partial charge in [0.15, 0.2) is 6.67 Å². The first kappa shape index (κ1) is 13.8. The van der Waals surface area contributed by atoms with Gasteiger partial charge < -0.3 is 5.43 Å². The Bertz CT molecular complexity index is 402. The topological polar surface area (TPSA) is 79.2 Å². The van der Waals surface area contributed by atoms with Gasteiger partial charge in [0.1, 0.15) is 0 Å². The van der Waals surface area contributed by atoms with E-state index >= 15 is 0 Å². The fourth-order valence-corrected chi connectivity index (χ4v) is 2.15. The van der Waals surface area contributed by atoms with Crippen molar-refractivity contribution < 1.29 is 4.92 Å². The second-order valence-electron chi connectivity index (χ2n) is 4.66. The van der Waals surface area contributed by atoms with Crippen LogP contribution in [0.25, 0.3) is 0 Å². The number of rotatable bonds is 6. The molecule has 1 aliphatic rings. The fourth-order valence-electron chi connectivity index (χ4n) is 2.15. The van der Waals surface area contributed by atoms with Crippen LogP contribution in [0, 0.1) is 16.8 Å². The lowest BCUT2D eigenvalue weighted by atomic mass is 9.96. The summed E-state index contributed by atoms with van der Waals surface area (Å²) >= 11 is 0. The van der Waals surface area contributed by atoms with Crippen LogP contribution in [0.3, 0.4) is 0 Å². The minimum absolute atomic E-state index is 0.0823. The number of hydrazine groups is 1. The number of hydrogen-bond acceptors (Lipinski definition) is 5. The summed E-state index contributed by atoms with van der Waals surface area (Å²) in [6.45, 7) is 2.90. The molecule has 1 aromatic carbocycles. The molecule has 6 heteroatoms. The minimum Gasteiger partial charge on any atom is -0.320 e. The van der Waals surface area contributed by atoms with E-state index in [1.807, 2.05) is 0 Å². The first-order valence-electron chi connectivity index (χ1n) is 6.52. The van der Waals surface area contributed by atoms with Crippen LogP contribution in [0.2, 0.25) is 0 Å². The van der Waals surface area contributed by atoms with E-state index in [1.54, 1.807) is 12.1 Å². The molecule has 1 fully saturated rings. The highest BCUT2D eigenvalue weighted by Gasteiger charge is 2.12. The van der Waals surface area contributed by atoms with Crippen molar-refractivity contribution in [3.8, 4) is 0 Å². The van der Waals surface area contributed by atoms with Crippen LogP contribution in [-0.2, 0) is 0 Å². The number of nitrogens with zero attached hydrogens (tertiary/aromatic N) is 1. The van der Waals surface area contributed by atoms with E-state index in [1.165, 1.54) is 44.2 Å². The molecule has 0 saturated heterocycles. The molecule has 1 aromatic rings. The third kappa shape index (κ3) is 4.50. The quantitative estimate of drug-likeness (QED) is 0.317. The zero-order valence-electron chi connectivity index (χ0n) is 10.7. The van der Waals surface area contributed by atoms with E-state index in [2.05, 4.69) is 22.8 Å². The number of anilines is 1. The van der Waals surface area contributed by atoms with Crippen molar-refractivity contribution >= 4 is 11.4 Å². The number of nitrogens with one attached hydrogen (secondary N) is 3. The standard InChI is InChI=1S/C13H18N4O2/c18-17(19)13-8-6-12(7-9-13)16-15-10-14-11-4-2-1-3-5-11/h6-9,11,14-16H,1-5H2. The first-order chi connectivity index (χ1) is 9.25. The molecule has 0 spiro atoms. The number of nitro benzene ring substituents is 1. The molecule has 0 bridgehead atoms. The largest absolute Gasteiger partial charge is 0.320 e. The van der Waals surface area contributed by atoms with Crippen LogP contribution < -0.4 is 16.2 Å². The smallest absolute Gasteiger partial charge is 0.269 e. The molecule has 0 atom stereocenters. The molecular weight excluding hydrogens is 244 g/mol. The van der Waals surface area contributed by atoms with Crippen molar-refractivity contribution in [1.82, 2.24) is 10.7 Å². The molecule has 19 heavy (non-hydrogen) atoms. The van der Waals surface area contributed by atoms with Crippen molar-refractivity contribution in [2.75, 3.05) is 5.43 Å². The summed E-state index contributed by atoms with van der Waals surface area (Å²) in [4.78, 5) is 10.1. The lowest BCUT2D eigenvalue weighted by Crippen LogP contribution is -2.35. The number of nitro groups is 1. The maximum absolute atomic E-state index is 10.5. The molecule has 0 heterocycles. The van der Waals surface area contributed by atoms with Gasteiger partial charge in [0.05, 0.1) is 4.92 Å². The van der Waals surface area contributed by atoms with Crippen molar-refractivity contribution in [2.45, 2.75) is 38.1 Å². The maximum atomic E-state index is 10.5. The second kappa shape index (κ2) is 7.06. The molecule has 0 amide bonds. The van der Waals surface area contributed by atoms with E-state index in [9.17, 15) is 10.1 Å². The summed E-state index contributed by atoms with van der Waals surface area (Å²) in [7, 11) is 0. The van der Waals surface area contributed by atoms with E-state index in [-0.39, 0.29) is 5.69 Å². The Kier molecular flexibility index (Phi) is 5.11. The molecule has 3 N–H and O–H groups in total. The normalized spacial score (nSPS) is 16.2. The predicted octanol–water partition coefficient (Wildman–Crippen LogP) is 2.43. The van der Waals surface area contributed by atoms with Crippen LogP contribution in [0.1, 0.15) is 32.1 Å². The molecular formula is C13H18N4O2. The third-order valence-corrected chi connectivity index (χ3v) is 3.23. The summed E-state index contributed by atoms with van der Waals surface area (Å²) < 4.78 is 0. The average Bonchev–Trinajstić information content (AvgIpc) is 2.45. The third-order valence-electron chi connectivity index (χ3n) is 3.23. The average molecular weight is 262 g/mol. The van der Waals surface area contributed by atoms with Gasteiger partial charge in [-0.15, -0.1) is 0 Å². The highest BCUT2D eigenvalue weighted by molar-refractivity contribution is 5.47.